The van der Waals surface area contributed by atoms with E-state index in [1.165, 1.54) is 37.5 Å². The van der Waals surface area contributed by atoms with Gasteiger partial charge in [-0.1, -0.05) is 54.1 Å². The number of methoxy groups -OCH3 is 2. The van der Waals surface area contributed by atoms with Crippen molar-refractivity contribution < 1.29 is 27.6 Å². The van der Waals surface area contributed by atoms with E-state index >= 15 is 0 Å². The summed E-state index contributed by atoms with van der Waals surface area (Å²) in [4.78, 5) is 25.7. The molecular formula is C27H26N2O7S. The number of benzene rings is 3. The first-order chi connectivity index (χ1) is 17.6. The molecule has 9 nitrogen and oxygen atoms in total. The van der Waals surface area contributed by atoms with Crippen LogP contribution in [0.15, 0.2) is 90.3 Å². The van der Waals surface area contributed by atoms with E-state index in [4.69, 9.17) is 9.47 Å². The maximum Gasteiger partial charge on any atom is 0.388 e. The van der Waals surface area contributed by atoms with Crippen LogP contribution in [0.4, 0.5) is 5.69 Å². The predicted octanol–water partition coefficient (Wildman–Crippen LogP) is 4.41. The fourth-order valence-corrected chi connectivity index (χ4v) is 6.64. The molecule has 4 rings (SSSR count). The summed E-state index contributed by atoms with van der Waals surface area (Å²) < 4.78 is 39.9. The van der Waals surface area contributed by atoms with Crippen LogP contribution >= 0.6 is 0 Å². The lowest BCUT2D eigenvalue weighted by atomic mass is 9.69. The highest BCUT2D eigenvalue weighted by molar-refractivity contribution is 7.92. The molecule has 0 saturated carbocycles. The third-order valence-corrected chi connectivity index (χ3v) is 8.47. The Hall–Kier alpha value is -4.18. The minimum Gasteiger partial charge on any atom is -0.497 e. The number of hydrogen-bond acceptors (Lipinski definition) is 7. The van der Waals surface area contributed by atoms with Gasteiger partial charge < -0.3 is 9.47 Å². The van der Waals surface area contributed by atoms with Crippen LogP contribution in [0.2, 0.25) is 0 Å². The summed E-state index contributed by atoms with van der Waals surface area (Å²) >= 11 is 0. The average Bonchev–Trinajstić information content (AvgIpc) is 2.91. The first-order valence-corrected chi connectivity index (χ1v) is 12.8. The molecule has 0 fully saturated rings. The SMILES string of the molecule is C=C[C@@H]1c2cc(OC)ccc2N(S(=O)(=O)c2ccc(C)cc2)[C@H](c2ccccc2)[C@@]1(C(=O)OC)[N+](=O)[O-]. The van der Waals surface area contributed by atoms with Crippen molar-refractivity contribution in [2.45, 2.75) is 29.3 Å². The van der Waals surface area contributed by atoms with Gasteiger partial charge in [-0.15, -0.1) is 6.58 Å². The van der Waals surface area contributed by atoms with Crippen LogP contribution in [-0.4, -0.2) is 39.1 Å². The number of nitrogens with zero attached hydrogens (tertiary/aromatic N) is 2. The van der Waals surface area contributed by atoms with Gasteiger partial charge in [-0.25, -0.2) is 13.2 Å². The molecule has 1 aliphatic rings. The molecule has 0 aromatic heterocycles. The second-order valence-electron chi connectivity index (χ2n) is 8.64. The van der Waals surface area contributed by atoms with Crippen LogP contribution in [0.1, 0.15) is 28.7 Å². The van der Waals surface area contributed by atoms with E-state index in [9.17, 15) is 23.3 Å². The molecule has 0 amide bonds. The largest absolute Gasteiger partial charge is 0.497 e. The smallest absolute Gasteiger partial charge is 0.388 e. The molecular weight excluding hydrogens is 496 g/mol. The highest BCUT2D eigenvalue weighted by Crippen LogP contribution is 2.55. The predicted molar refractivity (Wildman–Crippen MR) is 138 cm³/mol. The van der Waals surface area contributed by atoms with E-state index in [-0.39, 0.29) is 21.7 Å². The number of carbonyl (C=O) groups excluding carboxylic acids is 1. The average molecular weight is 523 g/mol. The van der Waals surface area contributed by atoms with Gasteiger partial charge in [0.05, 0.1) is 30.7 Å². The highest BCUT2D eigenvalue weighted by atomic mass is 32.2. The van der Waals surface area contributed by atoms with Crippen molar-refractivity contribution in [1.82, 2.24) is 0 Å². The third-order valence-electron chi connectivity index (χ3n) is 6.68. The zero-order valence-corrected chi connectivity index (χ0v) is 21.3. The molecule has 0 spiro atoms. The Morgan fingerprint density at radius 3 is 2.27 bits per heavy atom. The van der Waals surface area contributed by atoms with Gasteiger partial charge in [-0.05, 0) is 48.4 Å². The maximum absolute atomic E-state index is 14.3. The summed E-state index contributed by atoms with van der Waals surface area (Å²) in [6, 6.07) is 17.2. The monoisotopic (exact) mass is 522 g/mol. The van der Waals surface area contributed by atoms with Crippen molar-refractivity contribution in [2.24, 2.45) is 0 Å². The van der Waals surface area contributed by atoms with Gasteiger partial charge in [0, 0.05) is 4.92 Å². The number of sulfonamides is 1. The van der Waals surface area contributed by atoms with Crippen molar-refractivity contribution >= 4 is 21.7 Å². The molecule has 1 heterocycles. The van der Waals surface area contributed by atoms with Crippen LogP contribution < -0.4 is 9.04 Å². The molecule has 0 bridgehead atoms. The number of aryl methyl sites for hydroxylation is 1. The number of anilines is 1. The summed E-state index contributed by atoms with van der Waals surface area (Å²) in [5.41, 5.74) is -1.16. The van der Waals surface area contributed by atoms with Crippen molar-refractivity contribution in [1.29, 1.82) is 0 Å². The summed E-state index contributed by atoms with van der Waals surface area (Å²) in [6.07, 6.45) is 1.28. The number of nitro groups is 1. The molecule has 0 N–H and O–H groups in total. The number of esters is 1. The standard InChI is InChI=1S/C27H26N2O7S/c1-5-23-22-17-20(35-3)13-16-24(22)28(37(33,34)21-14-11-18(2)12-15-21)25(19-9-7-6-8-10-19)27(23,29(31)32)26(30)36-4/h5-17,23,25H,1H2,2-4H3/t23-,25-,27+/m1/s1. The summed E-state index contributed by atoms with van der Waals surface area (Å²) in [5, 5.41) is 13.1. The van der Waals surface area contributed by atoms with Crippen molar-refractivity contribution in [3.05, 3.63) is 112 Å². The normalized spacial score (nSPS) is 21.0. The van der Waals surface area contributed by atoms with Crippen LogP contribution in [0.25, 0.3) is 0 Å². The van der Waals surface area contributed by atoms with Gasteiger partial charge in [-0.3, -0.25) is 14.4 Å². The quantitative estimate of drug-likeness (QED) is 0.195. The van der Waals surface area contributed by atoms with Crippen LogP contribution in [0, 0.1) is 17.0 Å². The Labute approximate surface area is 215 Å². The topological polar surface area (TPSA) is 116 Å². The second kappa shape index (κ2) is 9.70. The van der Waals surface area contributed by atoms with E-state index in [1.807, 2.05) is 6.92 Å². The van der Waals surface area contributed by atoms with Gasteiger partial charge in [0.15, 0.2) is 6.04 Å². The van der Waals surface area contributed by atoms with E-state index in [1.54, 1.807) is 48.5 Å². The number of ether oxygens (including phenoxy) is 2. The number of rotatable bonds is 7. The minimum atomic E-state index is -4.44. The lowest BCUT2D eigenvalue weighted by molar-refractivity contribution is -0.563. The first kappa shape index (κ1) is 25.9. The van der Waals surface area contributed by atoms with Gasteiger partial charge in [-0.2, -0.15) is 0 Å². The van der Waals surface area contributed by atoms with E-state index in [0.717, 1.165) is 17.0 Å². The van der Waals surface area contributed by atoms with Crippen LogP contribution in [0.5, 0.6) is 5.75 Å². The minimum absolute atomic E-state index is 0.0834. The number of fused-ring (bicyclic) bond motifs is 1. The number of carbonyl (C=O) groups is 1. The molecule has 192 valence electrons. The Kier molecular flexibility index (Phi) is 6.79. The van der Waals surface area contributed by atoms with Gasteiger partial charge >= 0.3 is 11.5 Å². The molecule has 3 aromatic rings. The summed E-state index contributed by atoms with van der Waals surface area (Å²) in [7, 11) is -1.98. The van der Waals surface area contributed by atoms with Crippen LogP contribution in [0.3, 0.4) is 0 Å². The maximum atomic E-state index is 14.3. The zero-order valence-electron chi connectivity index (χ0n) is 20.5. The second-order valence-corrected chi connectivity index (χ2v) is 10.5. The Balaban J connectivity index is 2.20. The van der Waals surface area contributed by atoms with Gasteiger partial charge in [0.25, 0.3) is 10.0 Å². The van der Waals surface area contributed by atoms with E-state index in [2.05, 4.69) is 6.58 Å². The molecule has 3 aromatic carbocycles. The Morgan fingerprint density at radius 2 is 1.73 bits per heavy atom. The highest BCUT2D eigenvalue weighted by Gasteiger charge is 2.70. The summed E-state index contributed by atoms with van der Waals surface area (Å²) in [5.74, 6) is -2.12. The van der Waals surface area contributed by atoms with Crippen LogP contribution in [-0.2, 0) is 19.6 Å². The van der Waals surface area contributed by atoms with Crippen molar-refractivity contribution in [2.75, 3.05) is 18.5 Å². The molecule has 10 heteroatoms. The molecule has 0 unspecified atom stereocenters. The Bertz CT molecular complexity index is 1460. The Morgan fingerprint density at radius 1 is 1.08 bits per heavy atom. The summed E-state index contributed by atoms with van der Waals surface area (Å²) in [6.45, 7) is 5.61. The molecule has 1 aliphatic heterocycles. The van der Waals surface area contributed by atoms with Gasteiger partial charge in [0.2, 0.25) is 0 Å². The molecule has 37 heavy (non-hydrogen) atoms. The lowest BCUT2D eigenvalue weighted by Gasteiger charge is -2.46. The fraction of sp³-hybridized carbons (Fsp3) is 0.222. The first-order valence-electron chi connectivity index (χ1n) is 11.3. The number of hydrogen-bond donors (Lipinski definition) is 0. The van der Waals surface area contributed by atoms with Gasteiger partial charge in [0.1, 0.15) is 5.75 Å². The van der Waals surface area contributed by atoms with E-state index < -0.39 is 38.4 Å². The molecule has 0 aliphatic carbocycles. The molecule has 3 atom stereocenters. The third kappa shape index (κ3) is 3.93. The zero-order chi connectivity index (χ0) is 27.0. The fourth-order valence-electron chi connectivity index (χ4n) is 4.95. The van der Waals surface area contributed by atoms with E-state index in [0.29, 0.717) is 5.75 Å². The van der Waals surface area contributed by atoms with Crippen molar-refractivity contribution in [3.8, 4) is 5.75 Å². The molecule has 0 saturated heterocycles. The molecule has 0 radical (unpaired) electrons. The lowest BCUT2D eigenvalue weighted by Crippen LogP contribution is -2.64. The van der Waals surface area contributed by atoms with Crippen molar-refractivity contribution in [3.63, 3.8) is 0 Å².